The zero-order valence-corrected chi connectivity index (χ0v) is 10.6. The van der Waals surface area contributed by atoms with Crippen molar-refractivity contribution in [3.05, 3.63) is 16.6 Å². The lowest BCUT2D eigenvalue weighted by Gasteiger charge is -2.23. The molecule has 0 amide bonds. The van der Waals surface area contributed by atoms with Crippen LogP contribution in [0.2, 0.25) is 0 Å². The fraction of sp³-hybridized carbons (Fsp3) is 0.750. The van der Waals surface area contributed by atoms with Crippen molar-refractivity contribution in [2.45, 2.75) is 44.8 Å². The maximum absolute atomic E-state index is 5.78. The minimum absolute atomic E-state index is 0.397. The number of ether oxygens (including phenoxy) is 1. The van der Waals surface area contributed by atoms with Gasteiger partial charge in [0.25, 0.3) is 0 Å². The zero-order valence-electron chi connectivity index (χ0n) is 9.82. The Morgan fingerprint density at radius 3 is 3.25 bits per heavy atom. The molecule has 1 aliphatic rings. The van der Waals surface area contributed by atoms with Crippen molar-refractivity contribution in [1.82, 2.24) is 10.3 Å². The number of thiazole rings is 1. The van der Waals surface area contributed by atoms with Crippen LogP contribution in [0.1, 0.15) is 31.1 Å². The first-order valence-electron chi connectivity index (χ1n) is 6.12. The Labute approximate surface area is 101 Å². The second-order valence-corrected chi connectivity index (χ2v) is 5.25. The van der Waals surface area contributed by atoms with Crippen LogP contribution >= 0.6 is 11.3 Å². The Bertz CT molecular complexity index is 283. The maximum Gasteiger partial charge on any atom is 0.0794 e. The first-order valence-corrected chi connectivity index (χ1v) is 7.00. The van der Waals surface area contributed by atoms with Crippen molar-refractivity contribution in [2.75, 3.05) is 13.2 Å². The highest BCUT2D eigenvalue weighted by Crippen LogP contribution is 2.20. The van der Waals surface area contributed by atoms with Gasteiger partial charge in [-0.05, 0) is 25.8 Å². The second-order valence-electron chi connectivity index (χ2n) is 4.28. The van der Waals surface area contributed by atoms with E-state index < -0.39 is 0 Å². The summed E-state index contributed by atoms with van der Waals surface area (Å²) in [5.41, 5.74) is 1.90. The molecule has 2 rings (SSSR count). The molecular weight excluding hydrogens is 220 g/mol. The minimum atomic E-state index is 0.397. The molecule has 4 heteroatoms. The van der Waals surface area contributed by atoms with E-state index in [2.05, 4.69) is 17.2 Å². The Kier molecular flexibility index (Phi) is 4.75. The van der Waals surface area contributed by atoms with E-state index in [1.807, 2.05) is 11.7 Å². The molecule has 2 unspecified atom stereocenters. The monoisotopic (exact) mass is 240 g/mol. The van der Waals surface area contributed by atoms with Crippen LogP contribution in [0.5, 0.6) is 0 Å². The molecule has 2 heterocycles. The Morgan fingerprint density at radius 1 is 1.69 bits per heavy atom. The third-order valence-electron chi connectivity index (χ3n) is 2.97. The van der Waals surface area contributed by atoms with Crippen LogP contribution in [0.15, 0.2) is 11.7 Å². The fourth-order valence-electron chi connectivity index (χ4n) is 2.14. The molecule has 0 radical (unpaired) electrons. The summed E-state index contributed by atoms with van der Waals surface area (Å²) in [6, 6.07) is 0.461. The molecule has 1 saturated heterocycles. The first kappa shape index (κ1) is 12.0. The molecule has 1 N–H and O–H groups in total. The van der Waals surface area contributed by atoms with Gasteiger partial charge in [0.15, 0.2) is 0 Å². The smallest absolute Gasteiger partial charge is 0.0794 e. The van der Waals surface area contributed by atoms with Gasteiger partial charge in [0.2, 0.25) is 0 Å². The fourth-order valence-corrected chi connectivity index (χ4v) is 2.80. The van der Waals surface area contributed by atoms with Gasteiger partial charge in [-0.3, -0.25) is 4.98 Å². The summed E-state index contributed by atoms with van der Waals surface area (Å²) >= 11 is 1.74. The van der Waals surface area contributed by atoms with Crippen LogP contribution in [-0.2, 0) is 11.2 Å². The largest absolute Gasteiger partial charge is 0.377 e. The topological polar surface area (TPSA) is 34.2 Å². The van der Waals surface area contributed by atoms with Gasteiger partial charge in [0.1, 0.15) is 0 Å². The maximum atomic E-state index is 5.78. The molecule has 0 aliphatic carbocycles. The van der Waals surface area contributed by atoms with Crippen LogP contribution in [0, 0.1) is 0 Å². The molecule has 0 saturated carbocycles. The average molecular weight is 240 g/mol. The Hall–Kier alpha value is -0.450. The van der Waals surface area contributed by atoms with Crippen molar-refractivity contribution >= 4 is 11.3 Å². The highest BCUT2D eigenvalue weighted by atomic mass is 32.1. The highest BCUT2D eigenvalue weighted by molar-refractivity contribution is 7.09. The number of aromatic nitrogens is 1. The normalized spacial score (nSPS) is 22.4. The molecule has 1 fully saturated rings. The molecule has 3 nitrogen and oxygen atoms in total. The zero-order chi connectivity index (χ0) is 11.2. The van der Waals surface area contributed by atoms with E-state index in [0.717, 1.165) is 19.6 Å². The van der Waals surface area contributed by atoms with Gasteiger partial charge >= 0.3 is 0 Å². The van der Waals surface area contributed by atoms with Gasteiger partial charge < -0.3 is 10.1 Å². The summed E-state index contributed by atoms with van der Waals surface area (Å²) in [5.74, 6) is 0. The first-order chi connectivity index (χ1) is 7.90. The third-order valence-corrected chi connectivity index (χ3v) is 3.78. The van der Waals surface area contributed by atoms with Crippen LogP contribution in [0.25, 0.3) is 0 Å². The highest BCUT2D eigenvalue weighted by Gasteiger charge is 2.25. The van der Waals surface area contributed by atoms with Crippen molar-refractivity contribution < 1.29 is 4.74 Å². The summed E-state index contributed by atoms with van der Waals surface area (Å²) in [6.45, 7) is 4.20. The van der Waals surface area contributed by atoms with Gasteiger partial charge in [-0.2, -0.15) is 0 Å². The van der Waals surface area contributed by atoms with E-state index in [0.29, 0.717) is 12.1 Å². The lowest BCUT2D eigenvalue weighted by atomic mass is 10.0. The second kappa shape index (κ2) is 6.33. The van der Waals surface area contributed by atoms with Gasteiger partial charge in [0.05, 0.1) is 11.6 Å². The molecule has 16 heavy (non-hydrogen) atoms. The summed E-state index contributed by atoms with van der Waals surface area (Å²) < 4.78 is 5.78. The summed E-state index contributed by atoms with van der Waals surface area (Å²) in [4.78, 5) is 5.48. The number of hydrogen-bond acceptors (Lipinski definition) is 4. The SMILES string of the molecule is CCCNC(Cc1cncs1)C1CCCO1. The van der Waals surface area contributed by atoms with E-state index in [-0.39, 0.29) is 0 Å². The van der Waals surface area contributed by atoms with E-state index in [9.17, 15) is 0 Å². The molecule has 0 spiro atoms. The number of nitrogens with one attached hydrogen (secondary N) is 1. The van der Waals surface area contributed by atoms with Crippen LogP contribution in [0.3, 0.4) is 0 Å². The molecule has 0 bridgehead atoms. The van der Waals surface area contributed by atoms with Crippen molar-refractivity contribution in [3.8, 4) is 0 Å². The van der Waals surface area contributed by atoms with Crippen LogP contribution in [0.4, 0.5) is 0 Å². The number of nitrogens with zero attached hydrogens (tertiary/aromatic N) is 1. The van der Waals surface area contributed by atoms with Crippen LogP contribution in [-0.4, -0.2) is 30.3 Å². The lowest BCUT2D eigenvalue weighted by molar-refractivity contribution is 0.0786. The molecule has 1 aromatic heterocycles. The van der Waals surface area contributed by atoms with E-state index >= 15 is 0 Å². The molecular formula is C12H20N2OS. The number of rotatable bonds is 6. The Balaban J connectivity index is 1.90. The Morgan fingerprint density at radius 2 is 2.62 bits per heavy atom. The van der Waals surface area contributed by atoms with Gasteiger partial charge in [-0.1, -0.05) is 6.92 Å². The summed E-state index contributed by atoms with van der Waals surface area (Å²) in [7, 11) is 0. The van der Waals surface area contributed by atoms with E-state index in [4.69, 9.17) is 4.74 Å². The van der Waals surface area contributed by atoms with Crippen molar-refractivity contribution in [3.63, 3.8) is 0 Å². The quantitative estimate of drug-likeness (QED) is 0.828. The van der Waals surface area contributed by atoms with Crippen molar-refractivity contribution in [2.24, 2.45) is 0 Å². The molecule has 1 aromatic rings. The molecule has 2 atom stereocenters. The predicted octanol–water partition coefficient (Wildman–Crippen LogP) is 2.23. The summed E-state index contributed by atoms with van der Waals surface area (Å²) in [5, 5.41) is 3.60. The average Bonchev–Trinajstić information content (AvgIpc) is 2.96. The number of hydrogen-bond donors (Lipinski definition) is 1. The molecule has 0 aromatic carbocycles. The molecule has 1 aliphatic heterocycles. The van der Waals surface area contributed by atoms with Gasteiger partial charge in [-0.25, -0.2) is 0 Å². The molecule has 90 valence electrons. The third kappa shape index (κ3) is 3.27. The van der Waals surface area contributed by atoms with Crippen molar-refractivity contribution in [1.29, 1.82) is 0 Å². The van der Waals surface area contributed by atoms with Gasteiger partial charge in [0, 0.05) is 30.1 Å². The lowest BCUT2D eigenvalue weighted by Crippen LogP contribution is -2.41. The van der Waals surface area contributed by atoms with Crippen LogP contribution < -0.4 is 5.32 Å². The van der Waals surface area contributed by atoms with E-state index in [1.165, 1.54) is 24.1 Å². The summed E-state index contributed by atoms with van der Waals surface area (Å²) in [6.07, 6.45) is 6.99. The minimum Gasteiger partial charge on any atom is -0.377 e. The van der Waals surface area contributed by atoms with E-state index in [1.54, 1.807) is 11.3 Å². The predicted molar refractivity (Wildman–Crippen MR) is 66.9 cm³/mol. The standard InChI is InChI=1S/C12H20N2OS/c1-2-5-14-11(12-4-3-6-15-12)7-10-8-13-9-16-10/h8-9,11-12,14H,2-7H2,1H3. The van der Waals surface area contributed by atoms with Gasteiger partial charge in [-0.15, -0.1) is 11.3 Å².